The summed E-state index contributed by atoms with van der Waals surface area (Å²) in [5, 5.41) is 11.4. The van der Waals surface area contributed by atoms with E-state index >= 15 is 0 Å². The van der Waals surface area contributed by atoms with Crippen LogP contribution < -0.4 is 21.5 Å². The summed E-state index contributed by atoms with van der Waals surface area (Å²) in [6.45, 7) is 1.02. The third kappa shape index (κ3) is 5.77. The van der Waals surface area contributed by atoms with Gasteiger partial charge in [-0.15, -0.1) is 0 Å². The molecule has 218 valence electrons. The second-order valence-electron chi connectivity index (χ2n) is 9.86. The molecular weight excluding hydrogens is 545 g/mol. The highest BCUT2D eigenvalue weighted by Crippen LogP contribution is 2.32. The molecule has 1 aliphatic rings. The lowest BCUT2D eigenvalue weighted by Gasteiger charge is -2.24. The number of halogens is 1. The molecule has 3 amide bonds. The zero-order valence-electron chi connectivity index (χ0n) is 22.9. The number of anilines is 1. The van der Waals surface area contributed by atoms with Crippen molar-refractivity contribution in [3.63, 3.8) is 0 Å². The first-order chi connectivity index (χ1) is 20.3. The minimum atomic E-state index is -0.724. The smallest absolute Gasteiger partial charge is 0.346 e. The molecule has 3 heterocycles. The average Bonchev–Trinajstić information content (AvgIpc) is 3.58. The van der Waals surface area contributed by atoms with E-state index in [0.717, 1.165) is 24.5 Å². The number of nitrogens with two attached hydrogens (primary N) is 2. The highest BCUT2D eigenvalue weighted by atomic mass is 19.1. The minimum Gasteiger partial charge on any atom is -0.496 e. The van der Waals surface area contributed by atoms with Crippen molar-refractivity contribution in [1.82, 2.24) is 34.8 Å². The Morgan fingerprint density at radius 3 is 2.62 bits per heavy atom. The quantitative estimate of drug-likeness (QED) is 0.301. The fourth-order valence-electron chi connectivity index (χ4n) is 5.03. The number of carbonyl (C=O) groups excluding carboxylic acids is 3. The van der Waals surface area contributed by atoms with Gasteiger partial charge in [0, 0.05) is 25.2 Å². The number of hydrogen-bond donors (Lipinski definition) is 3. The van der Waals surface area contributed by atoms with Crippen LogP contribution in [-0.4, -0.2) is 67.5 Å². The van der Waals surface area contributed by atoms with Crippen LogP contribution in [0.2, 0.25) is 0 Å². The Morgan fingerprint density at radius 1 is 1.14 bits per heavy atom. The number of primary amides is 1. The molecule has 13 nitrogen and oxygen atoms in total. The molecule has 5 rings (SSSR count). The number of carbonyl (C=O) groups is 3. The molecule has 1 saturated heterocycles. The first-order valence-corrected chi connectivity index (χ1v) is 13.3. The van der Waals surface area contributed by atoms with E-state index in [1.807, 2.05) is 0 Å². The Kier molecular flexibility index (Phi) is 8.13. The van der Waals surface area contributed by atoms with Gasteiger partial charge in [-0.2, -0.15) is 14.9 Å². The van der Waals surface area contributed by atoms with Gasteiger partial charge in [-0.3, -0.25) is 9.59 Å². The molecule has 1 aliphatic heterocycles. The summed E-state index contributed by atoms with van der Waals surface area (Å²) in [4.78, 5) is 43.6. The fourth-order valence-corrected chi connectivity index (χ4v) is 5.03. The molecule has 14 heteroatoms. The van der Waals surface area contributed by atoms with Gasteiger partial charge in [-0.1, -0.05) is 24.3 Å². The van der Waals surface area contributed by atoms with Gasteiger partial charge in [0.25, 0.3) is 11.8 Å². The number of benzene rings is 2. The molecular formula is C28H30FN9O4. The van der Waals surface area contributed by atoms with E-state index in [9.17, 15) is 18.8 Å². The van der Waals surface area contributed by atoms with E-state index in [1.165, 1.54) is 36.6 Å². The van der Waals surface area contributed by atoms with Crippen molar-refractivity contribution in [2.75, 3.05) is 25.9 Å². The van der Waals surface area contributed by atoms with E-state index < -0.39 is 17.6 Å². The predicted octanol–water partition coefficient (Wildman–Crippen LogP) is 2.60. The monoisotopic (exact) mass is 575 g/mol. The standard InChI is InChI=1S/C28H30FN9O4/c1-42-22-10-9-19(29)12-21(22)27(40)33-13-17-5-7-18(8-6-17)24-23(26(31)39)25(30)38(35-24)20-4-2-3-11-36(14-20)28(41)37-16-32-15-34-37/h5-10,12,15-16,20H,2-4,11,13-14,30H2,1H3,(H2,31,39)(H,33,40). The molecule has 1 fully saturated rings. The fraction of sp³-hybridized carbons (Fsp3) is 0.286. The lowest BCUT2D eigenvalue weighted by molar-refractivity contribution is 0.0946. The van der Waals surface area contributed by atoms with Crippen LogP contribution in [0.1, 0.15) is 51.6 Å². The number of nitrogen functional groups attached to an aromatic ring is 1. The van der Waals surface area contributed by atoms with Crippen LogP contribution in [0.4, 0.5) is 15.0 Å². The van der Waals surface area contributed by atoms with Gasteiger partial charge in [0.2, 0.25) is 0 Å². The molecule has 42 heavy (non-hydrogen) atoms. The summed E-state index contributed by atoms with van der Waals surface area (Å²) < 4.78 is 21.6. The summed E-state index contributed by atoms with van der Waals surface area (Å²) in [6.07, 6.45) is 4.96. The van der Waals surface area contributed by atoms with E-state index in [0.29, 0.717) is 30.8 Å². The first kappa shape index (κ1) is 28.3. The molecule has 0 saturated carbocycles. The Bertz CT molecular complexity index is 1600. The van der Waals surface area contributed by atoms with Crippen molar-refractivity contribution >= 4 is 23.7 Å². The van der Waals surface area contributed by atoms with E-state index in [4.69, 9.17) is 21.3 Å². The largest absolute Gasteiger partial charge is 0.496 e. The maximum Gasteiger partial charge on any atom is 0.346 e. The van der Waals surface area contributed by atoms with Gasteiger partial charge in [0.15, 0.2) is 0 Å². The summed E-state index contributed by atoms with van der Waals surface area (Å²) in [7, 11) is 1.40. The number of amides is 3. The van der Waals surface area contributed by atoms with Gasteiger partial charge in [-0.05, 0) is 43.0 Å². The van der Waals surface area contributed by atoms with Crippen LogP contribution in [0.15, 0.2) is 55.1 Å². The van der Waals surface area contributed by atoms with Crippen molar-refractivity contribution in [3.05, 3.63) is 77.6 Å². The SMILES string of the molecule is COc1ccc(F)cc1C(=O)NCc1ccc(-c2nn(C3CCCCN(C(=O)n4cncn4)C3)c(N)c2C(N)=O)cc1. The van der Waals surface area contributed by atoms with Gasteiger partial charge >= 0.3 is 6.03 Å². The second kappa shape index (κ2) is 12.1. The molecule has 0 bridgehead atoms. The molecule has 4 aromatic rings. The van der Waals surface area contributed by atoms with Gasteiger partial charge in [0.05, 0.1) is 18.7 Å². The third-order valence-corrected chi connectivity index (χ3v) is 7.16. The number of rotatable bonds is 7. The zero-order valence-corrected chi connectivity index (χ0v) is 22.9. The van der Waals surface area contributed by atoms with E-state index in [1.54, 1.807) is 33.8 Å². The number of likely N-dealkylation sites (tertiary alicyclic amines) is 1. The summed E-state index contributed by atoms with van der Waals surface area (Å²) in [5.74, 6) is -1.38. The molecule has 2 aromatic carbocycles. The number of aromatic nitrogens is 5. The van der Waals surface area contributed by atoms with Crippen molar-refractivity contribution in [2.45, 2.75) is 31.8 Å². The van der Waals surface area contributed by atoms with Crippen molar-refractivity contribution in [2.24, 2.45) is 5.73 Å². The number of ether oxygens (including phenoxy) is 1. The van der Waals surface area contributed by atoms with Gasteiger partial charge in [-0.25, -0.2) is 18.9 Å². The highest BCUT2D eigenvalue weighted by molar-refractivity contribution is 6.03. The molecule has 2 aromatic heterocycles. The summed E-state index contributed by atoms with van der Waals surface area (Å²) >= 11 is 0. The van der Waals surface area contributed by atoms with E-state index in [-0.39, 0.29) is 41.3 Å². The van der Waals surface area contributed by atoms with Crippen LogP contribution in [0.25, 0.3) is 11.3 Å². The van der Waals surface area contributed by atoms with Crippen LogP contribution in [-0.2, 0) is 6.54 Å². The van der Waals surface area contributed by atoms with Crippen molar-refractivity contribution in [1.29, 1.82) is 0 Å². The number of methoxy groups -OCH3 is 1. The van der Waals surface area contributed by atoms with E-state index in [2.05, 4.69) is 15.4 Å². The third-order valence-electron chi connectivity index (χ3n) is 7.16. The minimum absolute atomic E-state index is 0.0845. The topological polar surface area (TPSA) is 176 Å². The van der Waals surface area contributed by atoms with Crippen molar-refractivity contribution in [3.8, 4) is 17.0 Å². The van der Waals surface area contributed by atoms with Gasteiger partial charge in [0.1, 0.15) is 41.3 Å². The Morgan fingerprint density at radius 2 is 1.93 bits per heavy atom. The first-order valence-electron chi connectivity index (χ1n) is 13.3. The zero-order chi connectivity index (χ0) is 29.8. The normalized spacial score (nSPS) is 15.2. The number of hydrogen-bond acceptors (Lipinski definition) is 8. The summed E-state index contributed by atoms with van der Waals surface area (Å²) in [5.41, 5.74) is 14.0. The van der Waals surface area contributed by atoms with Crippen molar-refractivity contribution < 1.29 is 23.5 Å². The molecule has 1 unspecified atom stereocenters. The molecule has 0 radical (unpaired) electrons. The summed E-state index contributed by atoms with van der Waals surface area (Å²) in [6, 6.07) is 10.1. The maximum atomic E-state index is 13.7. The molecule has 0 aliphatic carbocycles. The van der Waals surface area contributed by atoms with Crippen LogP contribution in [0, 0.1) is 5.82 Å². The lowest BCUT2D eigenvalue weighted by Crippen LogP contribution is -2.38. The maximum absolute atomic E-state index is 13.7. The molecule has 1 atom stereocenters. The highest BCUT2D eigenvalue weighted by Gasteiger charge is 2.30. The van der Waals surface area contributed by atoms with Gasteiger partial charge < -0.3 is 26.4 Å². The Balaban J connectivity index is 1.35. The average molecular weight is 576 g/mol. The molecule has 5 N–H and O–H groups in total. The second-order valence-corrected chi connectivity index (χ2v) is 9.86. The molecule has 0 spiro atoms. The van der Waals surface area contributed by atoms with Crippen LogP contribution >= 0.6 is 0 Å². The van der Waals surface area contributed by atoms with Crippen LogP contribution in [0.5, 0.6) is 5.75 Å². The predicted molar refractivity (Wildman–Crippen MR) is 150 cm³/mol. The van der Waals surface area contributed by atoms with Crippen LogP contribution in [0.3, 0.4) is 0 Å². The lowest BCUT2D eigenvalue weighted by atomic mass is 10.0. The Labute approximate surface area is 240 Å². The number of nitrogens with zero attached hydrogens (tertiary/aromatic N) is 6. The number of nitrogens with one attached hydrogen (secondary N) is 1. The Hall–Kier alpha value is -5.27.